The molecule has 0 saturated carbocycles. The van der Waals surface area contributed by atoms with Crippen molar-refractivity contribution in [2.24, 2.45) is 17.8 Å². The van der Waals surface area contributed by atoms with Crippen LogP contribution in [0.3, 0.4) is 0 Å². The minimum Gasteiger partial charge on any atom is -0.481 e. The maximum Gasteiger partial charge on any atom is 0.216 e. The lowest BCUT2D eigenvalue weighted by Gasteiger charge is -2.07. The summed E-state index contributed by atoms with van der Waals surface area (Å²) in [6.07, 6.45) is 0.716. The van der Waals surface area contributed by atoms with Crippen molar-refractivity contribution < 1.29 is 13.5 Å². The van der Waals surface area contributed by atoms with Gasteiger partial charge in [-0.1, -0.05) is 6.92 Å². The summed E-state index contributed by atoms with van der Waals surface area (Å²) in [5.41, 5.74) is 7.33. The first-order valence-corrected chi connectivity index (χ1v) is 7.07. The van der Waals surface area contributed by atoms with E-state index in [4.69, 9.17) is 10.5 Å². The molecule has 0 spiro atoms. The van der Waals surface area contributed by atoms with Crippen LogP contribution in [0.15, 0.2) is 23.2 Å². The Kier molecular flexibility index (Phi) is 7.39. The molecule has 2 aromatic rings. The van der Waals surface area contributed by atoms with Crippen molar-refractivity contribution in [3.05, 3.63) is 41.1 Å². The van der Waals surface area contributed by atoms with E-state index >= 15 is 0 Å². The molecule has 0 fully saturated rings. The highest BCUT2D eigenvalue weighted by atomic mass is 127. The van der Waals surface area contributed by atoms with Crippen LogP contribution in [0.25, 0.3) is 0 Å². The maximum absolute atomic E-state index is 13.6. The molecule has 0 bridgehead atoms. The molecule has 0 atom stereocenters. The molecule has 1 heterocycles. The van der Waals surface area contributed by atoms with Crippen LogP contribution in [-0.4, -0.2) is 22.8 Å². The van der Waals surface area contributed by atoms with Crippen LogP contribution >= 0.6 is 24.0 Å². The number of guanidine groups is 1. The number of hydrogen-bond acceptors (Lipinski definition) is 3. The molecule has 0 aliphatic carbocycles. The summed E-state index contributed by atoms with van der Waals surface area (Å²) in [6.45, 7) is 2.19. The number of rotatable bonds is 5. The second-order valence-electron chi connectivity index (χ2n) is 4.86. The molecule has 1 aromatic carbocycles. The van der Waals surface area contributed by atoms with Crippen LogP contribution in [0.4, 0.5) is 14.5 Å². The summed E-state index contributed by atoms with van der Waals surface area (Å²) in [7, 11) is 3.32. The van der Waals surface area contributed by atoms with E-state index in [2.05, 4.69) is 15.4 Å². The fourth-order valence-corrected chi connectivity index (χ4v) is 2.24. The molecular formula is C15H20F2IN5O. The number of hydrogen-bond donors (Lipinski definition) is 2. The number of aromatic nitrogens is 2. The van der Waals surface area contributed by atoms with Gasteiger partial charge in [-0.3, -0.25) is 0 Å². The van der Waals surface area contributed by atoms with Crippen molar-refractivity contribution in [3.63, 3.8) is 0 Å². The minimum absolute atomic E-state index is 0. The predicted octanol–water partition coefficient (Wildman–Crippen LogP) is 2.81. The molecule has 0 aliphatic rings. The summed E-state index contributed by atoms with van der Waals surface area (Å²) in [6, 6.07) is 3.06. The lowest BCUT2D eigenvalue weighted by molar-refractivity contribution is 0.369. The third-order valence-electron chi connectivity index (χ3n) is 3.30. The summed E-state index contributed by atoms with van der Waals surface area (Å²) in [5, 5.41) is 6.89. The molecule has 0 radical (unpaired) electrons. The Labute approximate surface area is 156 Å². The van der Waals surface area contributed by atoms with Gasteiger partial charge in [0, 0.05) is 13.1 Å². The van der Waals surface area contributed by atoms with Crippen molar-refractivity contribution >= 4 is 35.6 Å². The predicted molar refractivity (Wildman–Crippen MR) is 99.9 cm³/mol. The fraction of sp³-hybridized carbons (Fsp3) is 0.333. The summed E-state index contributed by atoms with van der Waals surface area (Å²) in [4.78, 5) is 4.15. The van der Waals surface area contributed by atoms with Crippen LogP contribution in [0, 0.1) is 11.6 Å². The number of aliphatic imine (C=N–C) groups is 1. The van der Waals surface area contributed by atoms with Crippen molar-refractivity contribution in [1.29, 1.82) is 0 Å². The zero-order valence-corrected chi connectivity index (χ0v) is 16.0. The molecule has 24 heavy (non-hydrogen) atoms. The number of aryl methyl sites for hydroxylation is 2. The van der Waals surface area contributed by atoms with E-state index in [1.54, 1.807) is 18.8 Å². The van der Waals surface area contributed by atoms with Gasteiger partial charge in [-0.2, -0.15) is 5.10 Å². The zero-order valence-electron chi connectivity index (χ0n) is 13.6. The number of methoxy groups -OCH3 is 1. The Hall–Kier alpha value is -1.91. The molecule has 0 saturated heterocycles. The number of nitrogens with two attached hydrogens (primary N) is 1. The standard InChI is InChI=1S/C15H19F2N5O.HI/c1-4-12-10(14(23-3)22(2)21-12)8-19-15(18)20-13-7-9(16)5-6-11(13)17;/h5-7H,4,8H2,1-3H3,(H3,18,19,20);1H. The van der Waals surface area contributed by atoms with Gasteiger partial charge >= 0.3 is 0 Å². The Morgan fingerprint density at radius 1 is 1.42 bits per heavy atom. The highest BCUT2D eigenvalue weighted by Gasteiger charge is 2.15. The van der Waals surface area contributed by atoms with Crippen molar-refractivity contribution in [2.45, 2.75) is 19.9 Å². The van der Waals surface area contributed by atoms with Gasteiger partial charge < -0.3 is 15.8 Å². The molecule has 3 N–H and O–H groups in total. The number of ether oxygens (including phenoxy) is 1. The van der Waals surface area contributed by atoms with Crippen molar-refractivity contribution in [2.75, 3.05) is 12.4 Å². The quantitative estimate of drug-likeness (QED) is 0.417. The first-order valence-electron chi connectivity index (χ1n) is 7.07. The molecule has 0 amide bonds. The molecule has 9 heteroatoms. The largest absolute Gasteiger partial charge is 0.481 e. The maximum atomic E-state index is 13.6. The van der Waals surface area contributed by atoms with E-state index in [0.29, 0.717) is 12.3 Å². The minimum atomic E-state index is -0.613. The molecule has 0 unspecified atom stereocenters. The summed E-state index contributed by atoms with van der Waals surface area (Å²) >= 11 is 0. The molecule has 132 valence electrons. The van der Waals surface area contributed by atoms with Gasteiger partial charge in [0.2, 0.25) is 5.88 Å². The number of nitrogens with one attached hydrogen (secondary N) is 1. The van der Waals surface area contributed by atoms with Gasteiger partial charge in [-0.05, 0) is 18.6 Å². The number of benzene rings is 1. The highest BCUT2D eigenvalue weighted by molar-refractivity contribution is 14.0. The average Bonchev–Trinajstić information content (AvgIpc) is 2.83. The molecule has 1 aromatic heterocycles. The van der Waals surface area contributed by atoms with E-state index in [1.807, 2.05) is 6.92 Å². The average molecular weight is 451 g/mol. The third kappa shape index (κ3) is 4.56. The highest BCUT2D eigenvalue weighted by Crippen LogP contribution is 2.23. The number of anilines is 1. The molecule has 2 rings (SSSR count). The van der Waals surface area contributed by atoms with E-state index in [0.717, 1.165) is 29.5 Å². The van der Waals surface area contributed by atoms with Crippen LogP contribution in [0.1, 0.15) is 18.2 Å². The molecular weight excluding hydrogens is 431 g/mol. The lowest BCUT2D eigenvalue weighted by Crippen LogP contribution is -2.23. The van der Waals surface area contributed by atoms with E-state index in [9.17, 15) is 8.78 Å². The first-order chi connectivity index (χ1) is 11.0. The van der Waals surface area contributed by atoms with E-state index in [1.165, 1.54) is 0 Å². The fourth-order valence-electron chi connectivity index (χ4n) is 2.24. The number of halogens is 3. The van der Waals surface area contributed by atoms with Gasteiger partial charge in [0.25, 0.3) is 0 Å². The van der Waals surface area contributed by atoms with Gasteiger partial charge in [0.1, 0.15) is 11.6 Å². The van der Waals surface area contributed by atoms with Crippen LogP contribution in [0.5, 0.6) is 5.88 Å². The monoisotopic (exact) mass is 451 g/mol. The van der Waals surface area contributed by atoms with Gasteiger partial charge in [-0.25, -0.2) is 18.5 Å². The number of nitrogens with zero attached hydrogens (tertiary/aromatic N) is 3. The van der Waals surface area contributed by atoms with Gasteiger partial charge in [0.05, 0.1) is 30.6 Å². The van der Waals surface area contributed by atoms with Gasteiger partial charge in [0.15, 0.2) is 5.96 Å². The van der Waals surface area contributed by atoms with Crippen LogP contribution in [-0.2, 0) is 20.0 Å². The second kappa shape index (κ2) is 8.81. The summed E-state index contributed by atoms with van der Waals surface area (Å²) < 4.78 is 33.6. The Morgan fingerprint density at radius 3 is 2.75 bits per heavy atom. The van der Waals surface area contributed by atoms with Crippen molar-refractivity contribution in [3.8, 4) is 5.88 Å². The van der Waals surface area contributed by atoms with E-state index < -0.39 is 11.6 Å². The van der Waals surface area contributed by atoms with E-state index in [-0.39, 0.29) is 42.2 Å². The smallest absolute Gasteiger partial charge is 0.216 e. The first kappa shape index (κ1) is 20.1. The van der Waals surface area contributed by atoms with Crippen molar-refractivity contribution in [1.82, 2.24) is 9.78 Å². The second-order valence-corrected chi connectivity index (χ2v) is 4.86. The Balaban J connectivity index is 0.00000288. The Bertz CT molecular complexity index is 733. The van der Waals surface area contributed by atoms with Crippen LogP contribution < -0.4 is 15.8 Å². The summed E-state index contributed by atoms with van der Waals surface area (Å²) in [5.74, 6) is -0.612. The third-order valence-corrected chi connectivity index (χ3v) is 3.30. The van der Waals surface area contributed by atoms with Crippen LogP contribution in [0.2, 0.25) is 0 Å². The molecule has 0 aliphatic heterocycles. The SMILES string of the molecule is CCc1nn(C)c(OC)c1CN=C(N)Nc1cc(F)ccc1F.I. The normalized spacial score (nSPS) is 11.1. The Morgan fingerprint density at radius 2 is 2.12 bits per heavy atom. The lowest BCUT2D eigenvalue weighted by atomic mass is 10.2. The zero-order chi connectivity index (χ0) is 17.0. The van der Waals surface area contributed by atoms with Gasteiger partial charge in [-0.15, -0.1) is 24.0 Å². The molecule has 6 nitrogen and oxygen atoms in total. The topological polar surface area (TPSA) is 77.5 Å².